The molecule has 0 bridgehead atoms. The molecule has 1 rings (SSSR count). The van der Waals surface area contributed by atoms with Crippen molar-refractivity contribution in [2.75, 3.05) is 31.7 Å². The van der Waals surface area contributed by atoms with Gasteiger partial charge in [0.15, 0.2) is 0 Å². The maximum Gasteiger partial charge on any atom is 0.0637 e. The van der Waals surface area contributed by atoms with Crippen molar-refractivity contribution in [1.29, 1.82) is 0 Å². The summed E-state index contributed by atoms with van der Waals surface area (Å²) in [4.78, 5) is 2.40. The number of nitrogens with one attached hydrogen (secondary N) is 1. The first-order valence-electron chi connectivity index (χ1n) is 7.89. The van der Waals surface area contributed by atoms with Gasteiger partial charge in [-0.3, -0.25) is 0 Å². The zero-order chi connectivity index (χ0) is 15.9. The van der Waals surface area contributed by atoms with Crippen molar-refractivity contribution in [2.45, 2.75) is 46.7 Å². The fraction of sp³-hybridized carbons (Fsp3) is 0.667. The van der Waals surface area contributed by atoms with Gasteiger partial charge in [-0.05, 0) is 44.4 Å². The van der Waals surface area contributed by atoms with Crippen LogP contribution in [0.25, 0.3) is 0 Å². The molecule has 0 unspecified atom stereocenters. The van der Waals surface area contributed by atoms with Crippen LogP contribution >= 0.6 is 0 Å². The molecule has 0 aliphatic heterocycles. The Morgan fingerprint density at radius 1 is 1.14 bits per heavy atom. The molecule has 0 aromatic heterocycles. The molecule has 0 atom stereocenters. The van der Waals surface area contributed by atoms with E-state index < -0.39 is 0 Å². The van der Waals surface area contributed by atoms with Gasteiger partial charge in [-0.15, -0.1) is 0 Å². The summed E-state index contributed by atoms with van der Waals surface area (Å²) < 4.78 is 5.22. The minimum absolute atomic E-state index is 0.154. The van der Waals surface area contributed by atoms with Gasteiger partial charge in [0.1, 0.15) is 0 Å². The lowest BCUT2D eigenvalue weighted by atomic mass is 10.1. The second-order valence-electron chi connectivity index (χ2n) is 7.10. The molecule has 0 saturated heterocycles. The molecule has 0 spiro atoms. The average Bonchev–Trinajstić information content (AvgIpc) is 2.40. The van der Waals surface area contributed by atoms with Gasteiger partial charge in [0.05, 0.1) is 6.61 Å². The van der Waals surface area contributed by atoms with E-state index in [9.17, 15) is 0 Å². The van der Waals surface area contributed by atoms with Crippen molar-refractivity contribution in [2.24, 2.45) is 5.92 Å². The van der Waals surface area contributed by atoms with Gasteiger partial charge < -0.3 is 15.0 Å². The van der Waals surface area contributed by atoms with E-state index in [1.54, 1.807) is 7.11 Å². The van der Waals surface area contributed by atoms with Crippen LogP contribution in [-0.4, -0.2) is 32.3 Å². The number of hydrogen-bond acceptors (Lipinski definition) is 3. The summed E-state index contributed by atoms with van der Waals surface area (Å²) in [7, 11) is 1.76. The van der Waals surface area contributed by atoms with E-state index >= 15 is 0 Å². The largest absolute Gasteiger partial charge is 0.383 e. The highest BCUT2D eigenvalue weighted by Crippen LogP contribution is 2.17. The van der Waals surface area contributed by atoms with Crippen molar-refractivity contribution in [3.63, 3.8) is 0 Å². The number of hydrogen-bond donors (Lipinski definition) is 1. The van der Waals surface area contributed by atoms with Crippen LogP contribution in [0, 0.1) is 5.92 Å². The van der Waals surface area contributed by atoms with Gasteiger partial charge >= 0.3 is 0 Å². The first-order chi connectivity index (χ1) is 9.81. The van der Waals surface area contributed by atoms with E-state index in [4.69, 9.17) is 4.74 Å². The smallest absolute Gasteiger partial charge is 0.0637 e. The average molecular weight is 292 g/mol. The van der Waals surface area contributed by atoms with Gasteiger partial charge in [0, 0.05) is 38.0 Å². The zero-order valence-corrected chi connectivity index (χ0v) is 14.6. The second-order valence-corrected chi connectivity index (χ2v) is 7.10. The number of nitrogens with zero attached hydrogens (tertiary/aromatic N) is 1. The Morgan fingerprint density at radius 3 is 2.24 bits per heavy atom. The molecule has 0 heterocycles. The van der Waals surface area contributed by atoms with E-state index in [1.807, 2.05) is 0 Å². The Kier molecular flexibility index (Phi) is 7.20. The molecule has 1 N–H and O–H groups in total. The highest BCUT2D eigenvalue weighted by molar-refractivity contribution is 5.47. The Hall–Kier alpha value is -1.06. The van der Waals surface area contributed by atoms with Crippen LogP contribution in [0.3, 0.4) is 0 Å². The first-order valence-corrected chi connectivity index (χ1v) is 7.89. The summed E-state index contributed by atoms with van der Waals surface area (Å²) in [5.74, 6) is 0.643. The maximum absolute atomic E-state index is 5.22. The molecule has 0 amide bonds. The standard InChI is InChI=1S/C18H32N2O/c1-15(2)14-20(11-12-21-6)17-9-7-16(8-10-17)13-19-18(3,4)5/h7-10,15,19H,11-14H2,1-6H3. The lowest BCUT2D eigenvalue weighted by molar-refractivity contribution is 0.204. The summed E-state index contributed by atoms with van der Waals surface area (Å²) in [6.45, 7) is 14.7. The van der Waals surface area contributed by atoms with Crippen LogP contribution in [0.2, 0.25) is 0 Å². The fourth-order valence-electron chi connectivity index (χ4n) is 2.16. The van der Waals surface area contributed by atoms with E-state index in [-0.39, 0.29) is 5.54 Å². The number of benzene rings is 1. The molecule has 0 radical (unpaired) electrons. The molecule has 0 fully saturated rings. The number of rotatable bonds is 8. The molecular formula is C18H32N2O. The molecule has 1 aromatic carbocycles. The third-order valence-corrected chi connectivity index (χ3v) is 3.28. The highest BCUT2D eigenvalue weighted by Gasteiger charge is 2.10. The summed E-state index contributed by atoms with van der Waals surface area (Å²) in [5.41, 5.74) is 2.76. The van der Waals surface area contributed by atoms with Crippen LogP contribution in [0.4, 0.5) is 5.69 Å². The normalized spacial score (nSPS) is 12.0. The minimum Gasteiger partial charge on any atom is -0.383 e. The first kappa shape index (κ1) is 18.0. The molecule has 1 aromatic rings. The molecule has 120 valence electrons. The minimum atomic E-state index is 0.154. The topological polar surface area (TPSA) is 24.5 Å². The molecule has 3 heteroatoms. The fourth-order valence-corrected chi connectivity index (χ4v) is 2.16. The monoisotopic (exact) mass is 292 g/mol. The van der Waals surface area contributed by atoms with Gasteiger partial charge in [-0.25, -0.2) is 0 Å². The Labute approximate surface area is 130 Å². The number of ether oxygens (including phenoxy) is 1. The Balaban J connectivity index is 2.68. The van der Waals surface area contributed by atoms with Crippen LogP contribution in [-0.2, 0) is 11.3 Å². The lowest BCUT2D eigenvalue weighted by Gasteiger charge is -2.27. The molecule has 0 aliphatic rings. The van der Waals surface area contributed by atoms with Crippen molar-refractivity contribution < 1.29 is 4.74 Å². The van der Waals surface area contributed by atoms with Gasteiger partial charge in [-0.1, -0.05) is 26.0 Å². The molecule has 21 heavy (non-hydrogen) atoms. The summed E-state index contributed by atoms with van der Waals surface area (Å²) in [5, 5.41) is 3.52. The zero-order valence-electron chi connectivity index (χ0n) is 14.6. The summed E-state index contributed by atoms with van der Waals surface area (Å²) in [6.07, 6.45) is 0. The van der Waals surface area contributed by atoms with Crippen molar-refractivity contribution in [3.05, 3.63) is 29.8 Å². The SMILES string of the molecule is COCCN(CC(C)C)c1ccc(CNC(C)(C)C)cc1. The highest BCUT2D eigenvalue weighted by atomic mass is 16.5. The number of methoxy groups -OCH3 is 1. The quantitative estimate of drug-likeness (QED) is 0.791. The van der Waals surface area contributed by atoms with Crippen molar-refractivity contribution in [3.8, 4) is 0 Å². The molecule has 0 aliphatic carbocycles. The van der Waals surface area contributed by atoms with Crippen LogP contribution in [0.1, 0.15) is 40.2 Å². The predicted molar refractivity (Wildman–Crippen MR) is 92.0 cm³/mol. The molecule has 0 saturated carbocycles. The van der Waals surface area contributed by atoms with Gasteiger partial charge in [0.25, 0.3) is 0 Å². The van der Waals surface area contributed by atoms with E-state index in [0.29, 0.717) is 5.92 Å². The molecule has 3 nitrogen and oxygen atoms in total. The molecular weight excluding hydrogens is 260 g/mol. The van der Waals surface area contributed by atoms with Crippen molar-refractivity contribution in [1.82, 2.24) is 5.32 Å². The van der Waals surface area contributed by atoms with E-state index in [0.717, 1.165) is 26.2 Å². The summed E-state index contributed by atoms with van der Waals surface area (Å²) >= 11 is 0. The van der Waals surface area contributed by atoms with Crippen LogP contribution in [0.5, 0.6) is 0 Å². The lowest BCUT2D eigenvalue weighted by Crippen LogP contribution is -2.35. The van der Waals surface area contributed by atoms with Crippen LogP contribution < -0.4 is 10.2 Å². The second kappa shape index (κ2) is 8.40. The third kappa shape index (κ3) is 7.49. The van der Waals surface area contributed by atoms with E-state index in [2.05, 4.69) is 69.1 Å². The van der Waals surface area contributed by atoms with Gasteiger partial charge in [0.2, 0.25) is 0 Å². The maximum atomic E-state index is 5.22. The van der Waals surface area contributed by atoms with Gasteiger partial charge in [-0.2, -0.15) is 0 Å². The van der Waals surface area contributed by atoms with E-state index in [1.165, 1.54) is 11.3 Å². The third-order valence-electron chi connectivity index (χ3n) is 3.28. The Bertz CT molecular complexity index is 393. The number of anilines is 1. The van der Waals surface area contributed by atoms with Crippen LogP contribution in [0.15, 0.2) is 24.3 Å². The van der Waals surface area contributed by atoms with Crippen molar-refractivity contribution >= 4 is 5.69 Å². The Morgan fingerprint density at radius 2 is 1.76 bits per heavy atom. The predicted octanol–water partition coefficient (Wildman–Crippen LogP) is 3.68. The summed E-state index contributed by atoms with van der Waals surface area (Å²) in [6, 6.07) is 8.87.